The van der Waals surface area contributed by atoms with Crippen LogP contribution in [-0.2, 0) is 16.6 Å². The number of imide groups is 1. The molecule has 3 heterocycles. The lowest BCUT2D eigenvalue weighted by Gasteiger charge is -2.26. The molecule has 2 fully saturated rings. The Morgan fingerprint density at radius 2 is 2.08 bits per heavy atom. The van der Waals surface area contributed by atoms with Gasteiger partial charge in [0.05, 0.1) is 12.2 Å². The fourth-order valence-electron chi connectivity index (χ4n) is 3.80. The van der Waals surface area contributed by atoms with Crippen molar-refractivity contribution < 1.29 is 14.4 Å². The lowest BCUT2D eigenvalue weighted by molar-refractivity contribution is -0.139. The summed E-state index contributed by atoms with van der Waals surface area (Å²) in [4.78, 5) is 40.5. The smallest absolute Gasteiger partial charge is 0.325 e. The van der Waals surface area contributed by atoms with Gasteiger partial charge >= 0.3 is 6.03 Å². The molecule has 0 saturated carbocycles. The van der Waals surface area contributed by atoms with Gasteiger partial charge in [0.2, 0.25) is 5.91 Å². The van der Waals surface area contributed by atoms with Gasteiger partial charge in [0, 0.05) is 25.4 Å². The van der Waals surface area contributed by atoms with E-state index in [-0.39, 0.29) is 24.4 Å². The van der Waals surface area contributed by atoms with E-state index >= 15 is 0 Å². The molecule has 1 atom stereocenters. The molecular formula is C17H25N5O3. The highest BCUT2D eigenvalue weighted by Gasteiger charge is 2.49. The summed E-state index contributed by atoms with van der Waals surface area (Å²) < 4.78 is 1.71. The molecule has 2 aliphatic heterocycles. The summed E-state index contributed by atoms with van der Waals surface area (Å²) in [6.45, 7) is 4.16. The highest BCUT2D eigenvalue weighted by Crippen LogP contribution is 2.32. The minimum absolute atomic E-state index is 0.0379. The molecule has 0 radical (unpaired) electrons. The van der Waals surface area contributed by atoms with E-state index in [4.69, 9.17) is 0 Å². The standard InChI is InChI=1S/C17H25N5O3/c1-4-17(5-2)15(24)22(16(25)19-17)11-14(23)21-8-6-7-13(21)12-9-18-20(3)10-12/h9-10,13H,4-8,11H2,1-3H3,(H,19,25)/t13-/m1/s1. The Bertz CT molecular complexity index is 694. The zero-order valence-electron chi connectivity index (χ0n) is 15.0. The largest absolute Gasteiger partial charge is 0.334 e. The average molecular weight is 347 g/mol. The van der Waals surface area contributed by atoms with Crippen molar-refractivity contribution in [3.05, 3.63) is 18.0 Å². The Balaban J connectivity index is 1.73. The molecule has 1 aromatic heterocycles. The van der Waals surface area contributed by atoms with Gasteiger partial charge in [-0.25, -0.2) is 4.79 Å². The Morgan fingerprint density at radius 3 is 2.64 bits per heavy atom. The van der Waals surface area contributed by atoms with Gasteiger partial charge in [0.15, 0.2) is 0 Å². The van der Waals surface area contributed by atoms with Crippen LogP contribution in [0.3, 0.4) is 0 Å². The Morgan fingerprint density at radius 1 is 1.36 bits per heavy atom. The summed E-state index contributed by atoms with van der Waals surface area (Å²) in [5.74, 6) is -0.495. The predicted octanol–water partition coefficient (Wildman–Crippen LogP) is 1.19. The SMILES string of the molecule is CCC1(CC)NC(=O)N(CC(=O)N2CCC[C@@H]2c2cnn(C)c2)C1=O. The molecule has 0 unspecified atom stereocenters. The number of aryl methyl sites for hydroxylation is 1. The molecule has 2 saturated heterocycles. The van der Waals surface area contributed by atoms with E-state index in [1.54, 1.807) is 15.8 Å². The van der Waals surface area contributed by atoms with Crippen LogP contribution in [0.4, 0.5) is 4.79 Å². The van der Waals surface area contributed by atoms with Crippen LogP contribution in [0.15, 0.2) is 12.4 Å². The number of amides is 4. The summed E-state index contributed by atoms with van der Waals surface area (Å²) in [6.07, 6.45) is 6.47. The molecule has 0 bridgehead atoms. The van der Waals surface area contributed by atoms with Gasteiger partial charge in [-0.3, -0.25) is 19.2 Å². The van der Waals surface area contributed by atoms with Crippen LogP contribution in [0.25, 0.3) is 0 Å². The van der Waals surface area contributed by atoms with E-state index in [2.05, 4.69) is 10.4 Å². The van der Waals surface area contributed by atoms with Crippen LogP contribution >= 0.6 is 0 Å². The minimum Gasteiger partial charge on any atom is -0.334 e. The van der Waals surface area contributed by atoms with E-state index in [0.29, 0.717) is 19.4 Å². The topological polar surface area (TPSA) is 87.5 Å². The molecule has 0 aromatic carbocycles. The molecule has 8 nitrogen and oxygen atoms in total. The third-order valence-electron chi connectivity index (χ3n) is 5.43. The zero-order valence-corrected chi connectivity index (χ0v) is 15.0. The molecule has 3 rings (SSSR count). The van der Waals surface area contributed by atoms with Crippen molar-refractivity contribution in [2.24, 2.45) is 7.05 Å². The Labute approximate surface area is 147 Å². The molecule has 2 aliphatic rings. The quantitative estimate of drug-likeness (QED) is 0.811. The van der Waals surface area contributed by atoms with Gasteiger partial charge in [-0.1, -0.05) is 13.8 Å². The lowest BCUT2D eigenvalue weighted by atomic mass is 9.93. The molecule has 1 aromatic rings. The molecule has 136 valence electrons. The number of carbonyl (C=O) groups is 3. The maximum Gasteiger partial charge on any atom is 0.325 e. The number of rotatable bonds is 5. The number of hydrogen-bond acceptors (Lipinski definition) is 4. The van der Waals surface area contributed by atoms with Crippen molar-refractivity contribution in [3.63, 3.8) is 0 Å². The van der Waals surface area contributed by atoms with Crippen LogP contribution in [0, 0.1) is 0 Å². The van der Waals surface area contributed by atoms with Gasteiger partial charge < -0.3 is 10.2 Å². The number of nitrogens with zero attached hydrogens (tertiary/aromatic N) is 4. The Kier molecular flexibility index (Phi) is 4.53. The summed E-state index contributed by atoms with van der Waals surface area (Å²) in [5, 5.41) is 6.94. The first kappa shape index (κ1) is 17.4. The average Bonchev–Trinajstić information content (AvgIpc) is 3.29. The van der Waals surface area contributed by atoms with E-state index in [0.717, 1.165) is 23.3 Å². The van der Waals surface area contributed by atoms with E-state index < -0.39 is 11.6 Å². The highest BCUT2D eigenvalue weighted by atomic mass is 16.2. The second-order valence-corrected chi connectivity index (χ2v) is 6.80. The summed E-state index contributed by atoms with van der Waals surface area (Å²) in [5.41, 5.74) is 0.118. The first-order chi connectivity index (χ1) is 11.9. The van der Waals surface area contributed by atoms with E-state index in [1.165, 1.54) is 0 Å². The first-order valence-electron chi connectivity index (χ1n) is 8.84. The van der Waals surface area contributed by atoms with Crippen LogP contribution < -0.4 is 5.32 Å². The summed E-state index contributed by atoms with van der Waals surface area (Å²) in [7, 11) is 1.84. The van der Waals surface area contributed by atoms with Crippen LogP contribution in [0.1, 0.15) is 51.1 Å². The fourth-order valence-corrected chi connectivity index (χ4v) is 3.80. The van der Waals surface area contributed by atoms with Crippen molar-refractivity contribution in [2.45, 2.75) is 51.1 Å². The third kappa shape index (κ3) is 2.89. The van der Waals surface area contributed by atoms with Crippen molar-refractivity contribution in [2.75, 3.05) is 13.1 Å². The fraction of sp³-hybridized carbons (Fsp3) is 0.647. The number of urea groups is 1. The van der Waals surface area contributed by atoms with E-state index in [1.807, 2.05) is 27.1 Å². The molecule has 1 N–H and O–H groups in total. The second kappa shape index (κ2) is 6.50. The maximum atomic E-state index is 12.8. The summed E-state index contributed by atoms with van der Waals surface area (Å²) in [6, 6.07) is -0.511. The van der Waals surface area contributed by atoms with Gasteiger partial charge in [-0.15, -0.1) is 0 Å². The monoisotopic (exact) mass is 347 g/mol. The number of likely N-dealkylation sites (tertiary alicyclic amines) is 1. The molecule has 8 heteroatoms. The van der Waals surface area contributed by atoms with Crippen LogP contribution in [0.5, 0.6) is 0 Å². The first-order valence-corrected chi connectivity index (χ1v) is 8.84. The van der Waals surface area contributed by atoms with Crippen molar-refractivity contribution in [1.82, 2.24) is 24.9 Å². The third-order valence-corrected chi connectivity index (χ3v) is 5.43. The highest BCUT2D eigenvalue weighted by molar-refractivity contribution is 6.09. The van der Waals surface area contributed by atoms with Crippen LogP contribution in [0.2, 0.25) is 0 Å². The van der Waals surface area contributed by atoms with Gasteiger partial charge in [0.1, 0.15) is 12.1 Å². The summed E-state index contributed by atoms with van der Waals surface area (Å²) >= 11 is 0. The van der Waals surface area contributed by atoms with Gasteiger partial charge in [-0.2, -0.15) is 5.10 Å². The second-order valence-electron chi connectivity index (χ2n) is 6.80. The molecule has 4 amide bonds. The predicted molar refractivity (Wildman–Crippen MR) is 90.5 cm³/mol. The van der Waals surface area contributed by atoms with Crippen molar-refractivity contribution in [1.29, 1.82) is 0 Å². The van der Waals surface area contributed by atoms with Crippen molar-refractivity contribution >= 4 is 17.8 Å². The van der Waals surface area contributed by atoms with Gasteiger partial charge in [-0.05, 0) is 25.7 Å². The zero-order chi connectivity index (χ0) is 18.2. The van der Waals surface area contributed by atoms with E-state index in [9.17, 15) is 14.4 Å². The Hall–Kier alpha value is -2.38. The number of nitrogens with one attached hydrogen (secondary N) is 1. The maximum absolute atomic E-state index is 12.8. The molecule has 0 aliphatic carbocycles. The van der Waals surface area contributed by atoms with Crippen LogP contribution in [-0.4, -0.2) is 56.1 Å². The molecule has 25 heavy (non-hydrogen) atoms. The minimum atomic E-state index is -0.870. The van der Waals surface area contributed by atoms with Crippen molar-refractivity contribution in [3.8, 4) is 0 Å². The lowest BCUT2D eigenvalue weighted by Crippen LogP contribution is -2.47. The number of carbonyl (C=O) groups excluding carboxylic acids is 3. The number of aromatic nitrogens is 2. The van der Waals surface area contributed by atoms with Gasteiger partial charge in [0.25, 0.3) is 5.91 Å². The number of hydrogen-bond donors (Lipinski definition) is 1. The molecular weight excluding hydrogens is 322 g/mol. The normalized spacial score (nSPS) is 22.6. The molecule has 0 spiro atoms.